The van der Waals surface area contributed by atoms with Crippen molar-refractivity contribution in [1.82, 2.24) is 0 Å². The Morgan fingerprint density at radius 1 is 1.33 bits per heavy atom. The summed E-state index contributed by atoms with van der Waals surface area (Å²) in [4.78, 5) is 22.5. The second-order valence-electron chi connectivity index (χ2n) is 3.20. The SMILES string of the molecule is CC(=O)C(C)(C)C(=O)CC(Br)Br. The Bertz CT molecular complexity index is 197. The molecule has 0 amide bonds. The van der Waals surface area contributed by atoms with Crippen LogP contribution in [0.2, 0.25) is 0 Å². The van der Waals surface area contributed by atoms with Crippen LogP contribution in [0.25, 0.3) is 0 Å². The average Bonchev–Trinajstić information content (AvgIpc) is 1.85. The minimum Gasteiger partial charge on any atom is -0.299 e. The van der Waals surface area contributed by atoms with Gasteiger partial charge < -0.3 is 0 Å². The van der Waals surface area contributed by atoms with Crippen LogP contribution in [0.4, 0.5) is 0 Å². The van der Waals surface area contributed by atoms with Crippen molar-refractivity contribution in [3.8, 4) is 0 Å². The number of carbonyl (C=O) groups excluding carboxylic acids is 2. The van der Waals surface area contributed by atoms with Gasteiger partial charge in [-0.1, -0.05) is 31.9 Å². The molecular formula is C8H12Br2O2. The summed E-state index contributed by atoms with van der Waals surface area (Å²) in [5, 5.41) is 0. The number of alkyl halides is 2. The van der Waals surface area contributed by atoms with E-state index in [0.717, 1.165) is 0 Å². The van der Waals surface area contributed by atoms with Crippen LogP contribution in [0.1, 0.15) is 27.2 Å². The van der Waals surface area contributed by atoms with Crippen LogP contribution >= 0.6 is 31.9 Å². The minimum absolute atomic E-state index is 0.0453. The third kappa shape index (κ3) is 3.35. The molecule has 0 atom stereocenters. The summed E-state index contributed by atoms with van der Waals surface area (Å²) < 4.78 is -0.0453. The molecule has 0 saturated heterocycles. The summed E-state index contributed by atoms with van der Waals surface area (Å²) in [6.45, 7) is 4.75. The topological polar surface area (TPSA) is 34.1 Å². The number of Topliss-reactive ketones (excluding diaryl/α,β-unsaturated/α-hetero) is 2. The molecule has 0 spiro atoms. The third-order valence-corrected chi connectivity index (χ3v) is 2.56. The molecule has 0 aromatic rings. The van der Waals surface area contributed by atoms with E-state index in [0.29, 0.717) is 6.42 Å². The number of halogens is 2. The Labute approximate surface area is 89.4 Å². The molecule has 0 unspecified atom stereocenters. The summed E-state index contributed by atoms with van der Waals surface area (Å²) in [5.41, 5.74) is -0.847. The van der Waals surface area contributed by atoms with Crippen LogP contribution in [0.3, 0.4) is 0 Å². The number of ketones is 2. The van der Waals surface area contributed by atoms with E-state index in [2.05, 4.69) is 31.9 Å². The van der Waals surface area contributed by atoms with Gasteiger partial charge in [0, 0.05) is 6.42 Å². The van der Waals surface area contributed by atoms with E-state index in [1.54, 1.807) is 13.8 Å². The first-order valence-corrected chi connectivity index (χ1v) is 5.44. The summed E-state index contributed by atoms with van der Waals surface area (Å²) in [5.74, 6) is -0.137. The van der Waals surface area contributed by atoms with E-state index in [4.69, 9.17) is 0 Å². The maximum atomic E-state index is 11.4. The highest BCUT2D eigenvalue weighted by atomic mass is 79.9. The summed E-state index contributed by atoms with van der Waals surface area (Å²) in [6, 6.07) is 0. The van der Waals surface area contributed by atoms with Crippen LogP contribution in [-0.4, -0.2) is 15.3 Å². The Morgan fingerprint density at radius 2 is 1.75 bits per heavy atom. The van der Waals surface area contributed by atoms with Crippen LogP contribution in [0.5, 0.6) is 0 Å². The van der Waals surface area contributed by atoms with Crippen molar-refractivity contribution in [3.05, 3.63) is 0 Å². The summed E-state index contributed by atoms with van der Waals surface area (Å²) in [7, 11) is 0. The fraction of sp³-hybridized carbons (Fsp3) is 0.750. The van der Waals surface area contributed by atoms with Crippen LogP contribution in [-0.2, 0) is 9.59 Å². The van der Waals surface area contributed by atoms with Crippen molar-refractivity contribution >= 4 is 43.4 Å². The summed E-state index contributed by atoms with van der Waals surface area (Å²) in [6.07, 6.45) is 0.326. The molecule has 0 aromatic carbocycles. The van der Waals surface area contributed by atoms with Crippen molar-refractivity contribution in [2.45, 2.75) is 30.9 Å². The quantitative estimate of drug-likeness (QED) is 0.591. The lowest BCUT2D eigenvalue weighted by Gasteiger charge is -2.19. The van der Waals surface area contributed by atoms with E-state index >= 15 is 0 Å². The predicted molar refractivity (Wildman–Crippen MR) is 55.7 cm³/mol. The van der Waals surface area contributed by atoms with Gasteiger partial charge in [-0.25, -0.2) is 0 Å². The van der Waals surface area contributed by atoms with E-state index in [1.807, 2.05) is 0 Å². The second-order valence-corrected chi connectivity index (χ2v) is 6.64. The fourth-order valence-electron chi connectivity index (χ4n) is 0.592. The molecule has 0 N–H and O–H groups in total. The minimum atomic E-state index is -0.847. The number of hydrogen-bond donors (Lipinski definition) is 0. The van der Waals surface area contributed by atoms with Crippen LogP contribution < -0.4 is 0 Å². The summed E-state index contributed by atoms with van der Waals surface area (Å²) >= 11 is 6.40. The molecule has 0 heterocycles. The van der Waals surface area contributed by atoms with E-state index in [1.165, 1.54) is 6.92 Å². The van der Waals surface area contributed by atoms with Gasteiger partial charge in [-0.3, -0.25) is 9.59 Å². The molecule has 0 aliphatic heterocycles. The van der Waals surface area contributed by atoms with Crippen molar-refractivity contribution in [1.29, 1.82) is 0 Å². The Kier molecular flexibility index (Phi) is 4.62. The molecule has 0 saturated carbocycles. The Morgan fingerprint density at radius 3 is 2.00 bits per heavy atom. The molecule has 0 rings (SSSR count). The first kappa shape index (κ1) is 12.3. The molecule has 70 valence electrons. The molecule has 4 heteroatoms. The van der Waals surface area contributed by atoms with Gasteiger partial charge >= 0.3 is 0 Å². The van der Waals surface area contributed by atoms with Gasteiger partial charge in [0.15, 0.2) is 0 Å². The molecule has 0 fully saturated rings. The smallest absolute Gasteiger partial charge is 0.147 e. The van der Waals surface area contributed by atoms with Crippen molar-refractivity contribution in [2.24, 2.45) is 5.41 Å². The molecular weight excluding hydrogens is 288 g/mol. The average molecular weight is 300 g/mol. The lowest BCUT2D eigenvalue weighted by atomic mass is 9.83. The zero-order valence-corrected chi connectivity index (χ0v) is 10.5. The number of rotatable bonds is 4. The van der Waals surface area contributed by atoms with Gasteiger partial charge in [0.1, 0.15) is 11.6 Å². The highest BCUT2D eigenvalue weighted by molar-refractivity contribution is 9.24. The first-order chi connectivity index (χ1) is 5.28. The lowest BCUT2D eigenvalue weighted by molar-refractivity contribution is -0.137. The standard InChI is InChI=1S/C8H12Br2O2/c1-5(11)8(2,3)6(12)4-7(9)10/h7H,4H2,1-3H3. The Hall–Kier alpha value is 0.300. The maximum absolute atomic E-state index is 11.4. The molecule has 0 aliphatic rings. The number of hydrogen-bond acceptors (Lipinski definition) is 2. The molecule has 0 aliphatic carbocycles. The van der Waals surface area contributed by atoms with Gasteiger partial charge in [-0.05, 0) is 20.8 Å². The van der Waals surface area contributed by atoms with E-state index < -0.39 is 5.41 Å². The fourth-order valence-corrected chi connectivity index (χ4v) is 1.18. The van der Waals surface area contributed by atoms with Crippen LogP contribution in [0, 0.1) is 5.41 Å². The second kappa shape index (κ2) is 4.51. The van der Waals surface area contributed by atoms with Crippen LogP contribution in [0.15, 0.2) is 0 Å². The maximum Gasteiger partial charge on any atom is 0.147 e. The van der Waals surface area contributed by atoms with Gasteiger partial charge in [-0.15, -0.1) is 0 Å². The van der Waals surface area contributed by atoms with Gasteiger partial charge in [0.2, 0.25) is 0 Å². The van der Waals surface area contributed by atoms with Crippen molar-refractivity contribution in [3.63, 3.8) is 0 Å². The normalized spacial score (nSPS) is 11.8. The highest BCUT2D eigenvalue weighted by Crippen LogP contribution is 2.24. The van der Waals surface area contributed by atoms with Gasteiger partial charge in [0.05, 0.1) is 9.15 Å². The van der Waals surface area contributed by atoms with Crippen molar-refractivity contribution in [2.75, 3.05) is 0 Å². The Balaban J connectivity index is 4.36. The zero-order valence-electron chi connectivity index (χ0n) is 7.36. The van der Waals surface area contributed by atoms with E-state index in [9.17, 15) is 9.59 Å². The molecule has 0 aromatic heterocycles. The third-order valence-electron chi connectivity index (χ3n) is 1.92. The highest BCUT2D eigenvalue weighted by Gasteiger charge is 2.32. The number of carbonyl (C=O) groups is 2. The van der Waals surface area contributed by atoms with Crippen molar-refractivity contribution < 1.29 is 9.59 Å². The van der Waals surface area contributed by atoms with Gasteiger partial charge in [-0.2, -0.15) is 0 Å². The zero-order chi connectivity index (χ0) is 9.94. The first-order valence-electron chi connectivity index (χ1n) is 3.61. The molecule has 0 bridgehead atoms. The van der Waals surface area contributed by atoms with E-state index in [-0.39, 0.29) is 15.3 Å². The monoisotopic (exact) mass is 298 g/mol. The molecule has 12 heavy (non-hydrogen) atoms. The lowest BCUT2D eigenvalue weighted by Crippen LogP contribution is -2.32. The predicted octanol–water partition coefficient (Wildman–Crippen LogP) is 2.68. The van der Waals surface area contributed by atoms with Gasteiger partial charge in [0.25, 0.3) is 0 Å². The molecule has 0 radical (unpaired) electrons. The largest absolute Gasteiger partial charge is 0.299 e. The molecule has 2 nitrogen and oxygen atoms in total.